The number of nitrogens with zero attached hydrogens (tertiary/aromatic N) is 3. The Morgan fingerprint density at radius 2 is 2.08 bits per heavy atom. The van der Waals surface area contributed by atoms with Crippen LogP contribution >= 0.6 is 0 Å². The van der Waals surface area contributed by atoms with Crippen LogP contribution in [0.4, 0.5) is 4.79 Å². The predicted molar refractivity (Wildman–Crippen MR) is 46.4 cm³/mol. The lowest BCUT2D eigenvalue weighted by atomic mass is 9.96. The summed E-state index contributed by atoms with van der Waals surface area (Å²) in [4.78, 5) is 11.4. The summed E-state index contributed by atoms with van der Waals surface area (Å²) in [6.45, 7) is 6.52. The van der Waals surface area contributed by atoms with Crippen LogP contribution in [0.15, 0.2) is 0 Å². The number of rotatable bonds is 0. The van der Waals surface area contributed by atoms with Gasteiger partial charge in [0.1, 0.15) is 5.82 Å². The number of hydrogen-bond donors (Lipinski definition) is 1. The molecule has 1 aliphatic heterocycles. The summed E-state index contributed by atoms with van der Waals surface area (Å²) in [5.41, 5.74) is -0.146. The summed E-state index contributed by atoms with van der Waals surface area (Å²) in [7, 11) is 0. The third-order valence-electron chi connectivity index (χ3n) is 2.00. The number of amides is 1. The van der Waals surface area contributed by atoms with Crippen LogP contribution in [0.1, 0.15) is 32.4 Å². The van der Waals surface area contributed by atoms with Gasteiger partial charge in [-0.15, -0.1) is 10.2 Å². The maximum absolute atomic E-state index is 11.4. The van der Waals surface area contributed by atoms with Crippen molar-refractivity contribution in [2.75, 3.05) is 0 Å². The van der Waals surface area contributed by atoms with Crippen LogP contribution in [-0.4, -0.2) is 20.8 Å². The van der Waals surface area contributed by atoms with Crippen molar-refractivity contribution >= 4 is 6.03 Å². The molecule has 1 aromatic rings. The molecule has 2 heterocycles. The zero-order chi connectivity index (χ0) is 9.64. The van der Waals surface area contributed by atoms with Gasteiger partial charge in [-0.05, 0) is 0 Å². The SMILES string of the molecule is CC(C)(C)c1nnc2n1C(=O)NC2. The predicted octanol–water partition coefficient (Wildman–Crippen LogP) is 0.647. The van der Waals surface area contributed by atoms with E-state index in [1.807, 2.05) is 20.8 Å². The molecule has 1 aromatic heterocycles. The van der Waals surface area contributed by atoms with Crippen molar-refractivity contribution in [3.05, 3.63) is 11.6 Å². The molecule has 0 unspecified atom stereocenters. The quantitative estimate of drug-likeness (QED) is 0.637. The first-order valence-electron chi connectivity index (χ1n) is 4.23. The molecule has 0 aromatic carbocycles. The van der Waals surface area contributed by atoms with Crippen molar-refractivity contribution in [1.29, 1.82) is 0 Å². The van der Waals surface area contributed by atoms with Crippen LogP contribution in [-0.2, 0) is 12.0 Å². The van der Waals surface area contributed by atoms with Gasteiger partial charge in [0.25, 0.3) is 0 Å². The zero-order valence-corrected chi connectivity index (χ0v) is 7.96. The van der Waals surface area contributed by atoms with Gasteiger partial charge >= 0.3 is 6.03 Å². The van der Waals surface area contributed by atoms with Crippen molar-refractivity contribution in [1.82, 2.24) is 20.1 Å². The summed E-state index contributed by atoms with van der Waals surface area (Å²) >= 11 is 0. The largest absolute Gasteiger partial charge is 0.330 e. The highest BCUT2D eigenvalue weighted by molar-refractivity contribution is 5.80. The van der Waals surface area contributed by atoms with Gasteiger partial charge in [0, 0.05) is 5.41 Å². The van der Waals surface area contributed by atoms with E-state index in [0.717, 1.165) is 5.82 Å². The summed E-state index contributed by atoms with van der Waals surface area (Å²) in [5, 5.41) is 10.7. The Hall–Kier alpha value is -1.39. The van der Waals surface area contributed by atoms with Gasteiger partial charge in [0.2, 0.25) is 0 Å². The fourth-order valence-corrected chi connectivity index (χ4v) is 1.36. The van der Waals surface area contributed by atoms with Gasteiger partial charge in [-0.25, -0.2) is 9.36 Å². The summed E-state index contributed by atoms with van der Waals surface area (Å²) in [5.74, 6) is 1.42. The van der Waals surface area contributed by atoms with Crippen molar-refractivity contribution in [2.24, 2.45) is 0 Å². The molecule has 0 fully saturated rings. The van der Waals surface area contributed by atoms with E-state index >= 15 is 0 Å². The summed E-state index contributed by atoms with van der Waals surface area (Å²) in [6, 6.07) is -0.120. The molecule has 2 rings (SSSR count). The maximum Gasteiger partial charge on any atom is 0.328 e. The lowest BCUT2D eigenvalue weighted by molar-refractivity contribution is 0.244. The van der Waals surface area contributed by atoms with Crippen molar-refractivity contribution in [3.63, 3.8) is 0 Å². The van der Waals surface area contributed by atoms with Gasteiger partial charge in [-0.2, -0.15) is 0 Å². The Balaban J connectivity index is 2.56. The van der Waals surface area contributed by atoms with E-state index in [0.29, 0.717) is 12.4 Å². The number of carbonyl (C=O) groups is 1. The number of carbonyl (C=O) groups excluding carboxylic acids is 1. The molecular formula is C8H12N4O. The number of aromatic nitrogens is 3. The Kier molecular flexibility index (Phi) is 1.46. The van der Waals surface area contributed by atoms with Crippen molar-refractivity contribution in [3.8, 4) is 0 Å². The average Bonchev–Trinajstić information content (AvgIpc) is 2.51. The fraction of sp³-hybridized carbons (Fsp3) is 0.625. The molecule has 1 amide bonds. The second-order valence-corrected chi connectivity index (χ2v) is 4.18. The van der Waals surface area contributed by atoms with Gasteiger partial charge in [0.05, 0.1) is 6.54 Å². The topological polar surface area (TPSA) is 59.8 Å². The molecule has 0 aliphatic carbocycles. The van der Waals surface area contributed by atoms with Crippen LogP contribution in [0.2, 0.25) is 0 Å². The zero-order valence-electron chi connectivity index (χ0n) is 7.96. The van der Waals surface area contributed by atoms with E-state index in [1.165, 1.54) is 0 Å². The molecule has 5 nitrogen and oxygen atoms in total. The maximum atomic E-state index is 11.4. The van der Waals surface area contributed by atoms with Crippen LogP contribution < -0.4 is 5.32 Å². The Bertz CT molecular complexity index is 361. The monoisotopic (exact) mass is 180 g/mol. The minimum Gasteiger partial charge on any atom is -0.330 e. The normalized spacial score (nSPS) is 15.8. The summed E-state index contributed by atoms with van der Waals surface area (Å²) in [6.07, 6.45) is 0. The van der Waals surface area contributed by atoms with E-state index in [2.05, 4.69) is 15.5 Å². The molecule has 0 radical (unpaired) electrons. The lowest BCUT2D eigenvalue weighted by Gasteiger charge is -2.16. The van der Waals surface area contributed by atoms with E-state index in [9.17, 15) is 4.79 Å². The van der Waals surface area contributed by atoms with Gasteiger partial charge in [-0.1, -0.05) is 20.8 Å². The molecule has 1 aliphatic rings. The summed E-state index contributed by atoms with van der Waals surface area (Å²) < 4.78 is 1.56. The van der Waals surface area contributed by atoms with Gasteiger partial charge < -0.3 is 5.32 Å². The molecule has 5 heteroatoms. The molecule has 0 saturated heterocycles. The van der Waals surface area contributed by atoms with Gasteiger partial charge in [-0.3, -0.25) is 0 Å². The molecule has 0 saturated carbocycles. The lowest BCUT2D eigenvalue weighted by Crippen LogP contribution is -2.25. The minimum absolute atomic E-state index is 0.120. The van der Waals surface area contributed by atoms with Gasteiger partial charge in [0.15, 0.2) is 5.82 Å². The van der Waals surface area contributed by atoms with E-state index in [1.54, 1.807) is 4.57 Å². The average molecular weight is 180 g/mol. The second-order valence-electron chi connectivity index (χ2n) is 4.18. The smallest absolute Gasteiger partial charge is 0.328 e. The Morgan fingerprint density at radius 1 is 1.38 bits per heavy atom. The molecule has 0 bridgehead atoms. The molecular weight excluding hydrogens is 168 g/mol. The minimum atomic E-state index is -0.146. The van der Waals surface area contributed by atoms with Crippen LogP contribution in [0.5, 0.6) is 0 Å². The van der Waals surface area contributed by atoms with Crippen molar-refractivity contribution < 1.29 is 4.79 Å². The van der Waals surface area contributed by atoms with E-state index in [-0.39, 0.29) is 11.4 Å². The highest BCUT2D eigenvalue weighted by Gasteiger charge is 2.30. The molecule has 0 spiro atoms. The Morgan fingerprint density at radius 3 is 2.69 bits per heavy atom. The molecule has 70 valence electrons. The van der Waals surface area contributed by atoms with Crippen LogP contribution in [0.25, 0.3) is 0 Å². The molecule has 0 atom stereocenters. The van der Waals surface area contributed by atoms with E-state index < -0.39 is 0 Å². The highest BCUT2D eigenvalue weighted by atomic mass is 16.2. The first-order valence-corrected chi connectivity index (χ1v) is 4.23. The number of nitrogens with one attached hydrogen (secondary N) is 1. The molecule has 1 N–H and O–H groups in total. The third kappa shape index (κ3) is 1.11. The third-order valence-corrected chi connectivity index (χ3v) is 2.00. The van der Waals surface area contributed by atoms with Crippen LogP contribution in [0, 0.1) is 0 Å². The first kappa shape index (κ1) is 8.22. The fourth-order valence-electron chi connectivity index (χ4n) is 1.36. The first-order chi connectivity index (χ1) is 6.00. The second kappa shape index (κ2) is 2.31. The Labute approximate surface area is 76.2 Å². The van der Waals surface area contributed by atoms with Crippen LogP contribution in [0.3, 0.4) is 0 Å². The number of fused-ring (bicyclic) bond motifs is 1. The highest BCUT2D eigenvalue weighted by Crippen LogP contribution is 2.22. The van der Waals surface area contributed by atoms with E-state index in [4.69, 9.17) is 0 Å². The van der Waals surface area contributed by atoms with Crippen molar-refractivity contribution in [2.45, 2.75) is 32.7 Å². The molecule has 13 heavy (non-hydrogen) atoms. The standard InChI is InChI=1S/C8H12N4O/c1-8(2,3)6-11-10-5-4-9-7(13)12(5)6/h4H2,1-3H3,(H,9,13). The number of hydrogen-bond acceptors (Lipinski definition) is 3.